The van der Waals surface area contributed by atoms with Gasteiger partial charge >= 0.3 is 11.9 Å². The average Bonchev–Trinajstić information content (AvgIpc) is 2.41. The summed E-state index contributed by atoms with van der Waals surface area (Å²) in [5, 5.41) is 9.58. The number of carboxylic acids is 1. The second kappa shape index (κ2) is 6.43. The number of pyridine rings is 1. The molecular formula is C16H17NO5. The lowest BCUT2D eigenvalue weighted by Crippen LogP contribution is -2.21. The summed E-state index contributed by atoms with van der Waals surface area (Å²) in [5.74, 6) is -0.978. The van der Waals surface area contributed by atoms with Crippen molar-refractivity contribution in [1.82, 2.24) is 4.57 Å². The number of hydrogen-bond donors (Lipinski definition) is 1. The largest absolute Gasteiger partial charge is 0.481 e. The number of hydrogen-bond acceptors (Lipinski definition) is 4. The lowest BCUT2D eigenvalue weighted by Gasteiger charge is -2.12. The van der Waals surface area contributed by atoms with Gasteiger partial charge in [-0.1, -0.05) is 0 Å². The number of carbonyl (C=O) groups is 2. The van der Waals surface area contributed by atoms with Gasteiger partial charge in [0, 0.05) is 37.4 Å². The van der Waals surface area contributed by atoms with Gasteiger partial charge in [0.15, 0.2) is 0 Å². The van der Waals surface area contributed by atoms with Gasteiger partial charge in [0.25, 0.3) is 5.56 Å². The summed E-state index contributed by atoms with van der Waals surface area (Å²) in [6, 6.07) is 6.61. The SMILES string of the molecule is CC(=O)Oc1ccc2c(C)cc(=O)n(CCCC(=O)O)c2c1. The summed E-state index contributed by atoms with van der Waals surface area (Å²) in [6.07, 6.45) is 0.344. The zero-order chi connectivity index (χ0) is 16.3. The summed E-state index contributed by atoms with van der Waals surface area (Å²) < 4.78 is 6.56. The molecule has 1 N–H and O–H groups in total. The highest BCUT2D eigenvalue weighted by molar-refractivity contribution is 5.84. The monoisotopic (exact) mass is 303 g/mol. The van der Waals surface area contributed by atoms with Gasteiger partial charge in [0.2, 0.25) is 0 Å². The molecule has 1 aromatic heterocycles. The van der Waals surface area contributed by atoms with Crippen molar-refractivity contribution >= 4 is 22.8 Å². The van der Waals surface area contributed by atoms with E-state index in [1.165, 1.54) is 17.6 Å². The fourth-order valence-corrected chi connectivity index (χ4v) is 2.38. The molecule has 0 bridgehead atoms. The average molecular weight is 303 g/mol. The molecule has 0 aliphatic carbocycles. The minimum Gasteiger partial charge on any atom is -0.481 e. The first-order chi connectivity index (χ1) is 10.4. The summed E-state index contributed by atoms with van der Waals surface area (Å²) in [5.41, 5.74) is 1.26. The summed E-state index contributed by atoms with van der Waals surface area (Å²) in [7, 11) is 0. The molecule has 0 radical (unpaired) electrons. The summed E-state index contributed by atoms with van der Waals surface area (Å²) >= 11 is 0. The zero-order valence-electron chi connectivity index (χ0n) is 12.5. The molecule has 0 atom stereocenters. The first kappa shape index (κ1) is 15.8. The highest BCUT2D eigenvalue weighted by atomic mass is 16.5. The van der Waals surface area contributed by atoms with Gasteiger partial charge in [-0.25, -0.2) is 0 Å². The van der Waals surface area contributed by atoms with E-state index in [1.54, 1.807) is 18.2 Å². The first-order valence-corrected chi connectivity index (χ1v) is 6.93. The predicted octanol–water partition coefficient (Wildman–Crippen LogP) is 2.10. The molecule has 1 aromatic carbocycles. The number of aryl methyl sites for hydroxylation is 2. The van der Waals surface area contributed by atoms with Crippen LogP contribution in [0.2, 0.25) is 0 Å². The number of carboxylic acid groups (broad SMARTS) is 1. The Morgan fingerprint density at radius 1 is 1.27 bits per heavy atom. The van der Waals surface area contributed by atoms with Crippen molar-refractivity contribution in [3.8, 4) is 5.75 Å². The van der Waals surface area contributed by atoms with Gasteiger partial charge in [-0.2, -0.15) is 0 Å². The van der Waals surface area contributed by atoms with E-state index in [2.05, 4.69) is 0 Å². The molecule has 6 heteroatoms. The summed E-state index contributed by atoms with van der Waals surface area (Å²) in [6.45, 7) is 3.43. The second-order valence-corrected chi connectivity index (χ2v) is 5.09. The van der Waals surface area contributed by atoms with Crippen molar-refractivity contribution < 1.29 is 19.4 Å². The number of nitrogens with zero attached hydrogens (tertiary/aromatic N) is 1. The molecule has 1 heterocycles. The van der Waals surface area contributed by atoms with E-state index >= 15 is 0 Å². The zero-order valence-corrected chi connectivity index (χ0v) is 12.5. The van der Waals surface area contributed by atoms with Gasteiger partial charge in [-0.15, -0.1) is 0 Å². The van der Waals surface area contributed by atoms with Crippen LogP contribution in [0.4, 0.5) is 0 Å². The van der Waals surface area contributed by atoms with E-state index in [0.29, 0.717) is 24.2 Å². The molecule has 2 rings (SSSR count). The van der Waals surface area contributed by atoms with Crippen molar-refractivity contribution in [2.24, 2.45) is 0 Å². The fourth-order valence-electron chi connectivity index (χ4n) is 2.38. The first-order valence-electron chi connectivity index (χ1n) is 6.93. The number of fused-ring (bicyclic) bond motifs is 1. The van der Waals surface area contributed by atoms with Gasteiger partial charge in [-0.05, 0) is 31.0 Å². The topological polar surface area (TPSA) is 85.6 Å². The number of ether oxygens (including phenoxy) is 1. The number of aromatic nitrogens is 1. The van der Waals surface area contributed by atoms with Gasteiger partial charge in [0.05, 0.1) is 5.52 Å². The maximum atomic E-state index is 12.2. The maximum absolute atomic E-state index is 12.2. The lowest BCUT2D eigenvalue weighted by atomic mass is 10.1. The van der Waals surface area contributed by atoms with Crippen LogP contribution in [0.15, 0.2) is 29.1 Å². The van der Waals surface area contributed by atoms with E-state index in [0.717, 1.165) is 10.9 Å². The van der Waals surface area contributed by atoms with E-state index in [1.807, 2.05) is 6.92 Å². The smallest absolute Gasteiger partial charge is 0.308 e. The Morgan fingerprint density at radius 2 is 2.00 bits per heavy atom. The molecule has 6 nitrogen and oxygen atoms in total. The molecule has 0 amide bonds. The highest BCUT2D eigenvalue weighted by Crippen LogP contribution is 2.23. The van der Waals surface area contributed by atoms with Crippen LogP contribution < -0.4 is 10.3 Å². The Labute approximate surface area is 126 Å². The minimum absolute atomic E-state index is 0.00849. The van der Waals surface area contributed by atoms with E-state index in [-0.39, 0.29) is 12.0 Å². The molecular weight excluding hydrogens is 286 g/mol. The van der Waals surface area contributed by atoms with Crippen LogP contribution >= 0.6 is 0 Å². The molecule has 0 fully saturated rings. The van der Waals surface area contributed by atoms with E-state index in [4.69, 9.17) is 9.84 Å². The molecule has 22 heavy (non-hydrogen) atoms. The molecule has 116 valence electrons. The molecule has 0 unspecified atom stereocenters. The third-order valence-electron chi connectivity index (χ3n) is 3.32. The Bertz CT molecular complexity index is 791. The number of benzene rings is 1. The van der Waals surface area contributed by atoms with E-state index in [9.17, 15) is 14.4 Å². The van der Waals surface area contributed by atoms with Gasteiger partial charge in [-0.3, -0.25) is 14.4 Å². The van der Waals surface area contributed by atoms with Crippen molar-refractivity contribution in [3.05, 3.63) is 40.2 Å². The number of aliphatic carboxylic acids is 1. The fraction of sp³-hybridized carbons (Fsp3) is 0.312. The molecule has 0 saturated carbocycles. The second-order valence-electron chi connectivity index (χ2n) is 5.09. The van der Waals surface area contributed by atoms with Crippen LogP contribution in [-0.2, 0) is 16.1 Å². The third kappa shape index (κ3) is 3.52. The Kier molecular flexibility index (Phi) is 4.60. The highest BCUT2D eigenvalue weighted by Gasteiger charge is 2.09. The normalized spacial score (nSPS) is 10.6. The Morgan fingerprint density at radius 3 is 2.64 bits per heavy atom. The lowest BCUT2D eigenvalue weighted by molar-refractivity contribution is -0.137. The third-order valence-corrected chi connectivity index (χ3v) is 3.32. The van der Waals surface area contributed by atoms with Crippen molar-refractivity contribution in [2.45, 2.75) is 33.2 Å². The molecule has 2 aromatic rings. The summed E-state index contributed by atoms with van der Waals surface area (Å²) in [4.78, 5) is 33.9. The minimum atomic E-state index is -0.898. The molecule has 0 aliphatic rings. The van der Waals surface area contributed by atoms with Crippen molar-refractivity contribution in [3.63, 3.8) is 0 Å². The van der Waals surface area contributed by atoms with Crippen LogP contribution in [0.5, 0.6) is 5.75 Å². The Hall–Kier alpha value is -2.63. The molecule has 0 spiro atoms. The van der Waals surface area contributed by atoms with Crippen LogP contribution in [0.25, 0.3) is 10.9 Å². The van der Waals surface area contributed by atoms with Crippen molar-refractivity contribution in [2.75, 3.05) is 0 Å². The quantitative estimate of drug-likeness (QED) is 0.675. The predicted molar refractivity (Wildman–Crippen MR) is 81.1 cm³/mol. The van der Waals surface area contributed by atoms with Gasteiger partial charge < -0.3 is 14.4 Å². The van der Waals surface area contributed by atoms with Crippen LogP contribution in [-0.4, -0.2) is 21.6 Å². The van der Waals surface area contributed by atoms with Crippen molar-refractivity contribution in [1.29, 1.82) is 0 Å². The number of rotatable bonds is 5. The molecule has 0 saturated heterocycles. The number of esters is 1. The van der Waals surface area contributed by atoms with Crippen LogP contribution in [0.1, 0.15) is 25.3 Å². The maximum Gasteiger partial charge on any atom is 0.308 e. The van der Waals surface area contributed by atoms with Gasteiger partial charge in [0.1, 0.15) is 5.75 Å². The standard InChI is InChI=1S/C16H17NO5/c1-10-8-15(19)17(7-3-4-16(20)21)14-9-12(22-11(2)18)5-6-13(10)14/h5-6,8-9H,3-4,7H2,1-2H3,(H,20,21). The molecule has 0 aliphatic heterocycles. The van der Waals surface area contributed by atoms with E-state index < -0.39 is 11.9 Å². The van der Waals surface area contributed by atoms with Crippen LogP contribution in [0, 0.1) is 6.92 Å². The van der Waals surface area contributed by atoms with Crippen LogP contribution in [0.3, 0.4) is 0 Å². The number of carbonyl (C=O) groups excluding carboxylic acids is 1. The Balaban J connectivity index is 2.49.